The molecule has 0 bridgehead atoms. The molecule has 1 atom stereocenters. The molecule has 0 aliphatic carbocycles. The lowest BCUT2D eigenvalue weighted by molar-refractivity contribution is -0.385. The molecule has 1 heterocycles. The molecular weight excluding hydrogens is 266 g/mol. The molecule has 5 nitrogen and oxygen atoms in total. The Labute approximate surface area is 126 Å². The quantitative estimate of drug-likeness (QED) is 0.619. The molecule has 1 aromatic rings. The predicted molar refractivity (Wildman–Crippen MR) is 84.6 cm³/mol. The van der Waals surface area contributed by atoms with Crippen LogP contribution < -0.4 is 5.32 Å². The minimum Gasteiger partial charge on any atom is -0.313 e. The molecule has 0 amide bonds. The number of benzene rings is 1. The van der Waals surface area contributed by atoms with Gasteiger partial charge in [0, 0.05) is 24.2 Å². The van der Waals surface area contributed by atoms with Crippen molar-refractivity contribution in [3.05, 3.63) is 39.9 Å². The van der Waals surface area contributed by atoms with E-state index < -0.39 is 0 Å². The molecule has 21 heavy (non-hydrogen) atoms. The summed E-state index contributed by atoms with van der Waals surface area (Å²) in [5, 5.41) is 14.4. The average Bonchev–Trinajstić information content (AvgIpc) is 2.48. The van der Waals surface area contributed by atoms with Crippen LogP contribution >= 0.6 is 0 Å². The first-order valence-electron chi connectivity index (χ1n) is 7.85. The van der Waals surface area contributed by atoms with E-state index in [0.29, 0.717) is 12.5 Å². The topological polar surface area (TPSA) is 58.4 Å². The first-order chi connectivity index (χ1) is 10.2. The second-order valence-electron chi connectivity index (χ2n) is 5.85. The maximum atomic E-state index is 11.0. The second-order valence-corrected chi connectivity index (χ2v) is 5.85. The number of nitrogens with zero attached hydrogens (tertiary/aromatic N) is 2. The Morgan fingerprint density at radius 1 is 1.29 bits per heavy atom. The van der Waals surface area contributed by atoms with Gasteiger partial charge in [-0.3, -0.25) is 10.1 Å². The highest BCUT2D eigenvalue weighted by molar-refractivity contribution is 5.39. The van der Waals surface area contributed by atoms with Crippen molar-refractivity contribution in [2.45, 2.75) is 38.6 Å². The molecule has 2 rings (SSSR count). The summed E-state index contributed by atoms with van der Waals surface area (Å²) >= 11 is 0. The highest BCUT2D eigenvalue weighted by atomic mass is 16.6. The molecule has 0 radical (unpaired) electrons. The van der Waals surface area contributed by atoms with Crippen LogP contribution in [0.25, 0.3) is 0 Å². The summed E-state index contributed by atoms with van der Waals surface area (Å²) in [7, 11) is 0. The summed E-state index contributed by atoms with van der Waals surface area (Å²) < 4.78 is 0. The molecule has 1 N–H and O–H groups in total. The maximum absolute atomic E-state index is 11.0. The van der Waals surface area contributed by atoms with Crippen LogP contribution in [0.3, 0.4) is 0 Å². The summed E-state index contributed by atoms with van der Waals surface area (Å²) in [5.74, 6) is 0. The van der Waals surface area contributed by atoms with Crippen LogP contribution in [0.15, 0.2) is 24.3 Å². The van der Waals surface area contributed by atoms with E-state index in [1.165, 1.54) is 32.4 Å². The number of piperidine rings is 1. The van der Waals surface area contributed by atoms with Crippen molar-refractivity contribution in [1.29, 1.82) is 0 Å². The zero-order valence-corrected chi connectivity index (χ0v) is 12.8. The van der Waals surface area contributed by atoms with Crippen molar-refractivity contribution >= 4 is 5.69 Å². The van der Waals surface area contributed by atoms with Gasteiger partial charge >= 0.3 is 0 Å². The molecule has 0 spiro atoms. The van der Waals surface area contributed by atoms with Gasteiger partial charge in [-0.15, -0.1) is 0 Å². The molecule has 1 fully saturated rings. The number of para-hydroxylation sites is 1. The van der Waals surface area contributed by atoms with Gasteiger partial charge in [0.25, 0.3) is 5.69 Å². The van der Waals surface area contributed by atoms with E-state index in [9.17, 15) is 10.1 Å². The van der Waals surface area contributed by atoms with E-state index in [4.69, 9.17) is 0 Å². The molecule has 116 valence electrons. The van der Waals surface area contributed by atoms with Gasteiger partial charge in [-0.05, 0) is 45.8 Å². The third-order valence-electron chi connectivity index (χ3n) is 4.06. The summed E-state index contributed by atoms with van der Waals surface area (Å²) in [5.41, 5.74) is 1.03. The van der Waals surface area contributed by atoms with E-state index >= 15 is 0 Å². The largest absolute Gasteiger partial charge is 0.313 e. The third-order valence-corrected chi connectivity index (χ3v) is 4.06. The van der Waals surface area contributed by atoms with Crippen LogP contribution in [-0.4, -0.2) is 42.0 Å². The zero-order valence-electron chi connectivity index (χ0n) is 12.8. The fourth-order valence-corrected chi connectivity index (χ4v) is 2.95. The Hall–Kier alpha value is -1.46. The molecule has 0 aromatic heterocycles. The van der Waals surface area contributed by atoms with E-state index in [0.717, 1.165) is 18.7 Å². The van der Waals surface area contributed by atoms with Crippen molar-refractivity contribution in [2.75, 3.05) is 26.2 Å². The van der Waals surface area contributed by atoms with Crippen LogP contribution in [0.2, 0.25) is 0 Å². The lowest BCUT2D eigenvalue weighted by Crippen LogP contribution is -2.42. The monoisotopic (exact) mass is 291 g/mol. The van der Waals surface area contributed by atoms with Gasteiger partial charge in [-0.2, -0.15) is 0 Å². The predicted octanol–water partition coefficient (Wildman–Crippen LogP) is 2.60. The number of nitro benzene ring substituents is 1. The van der Waals surface area contributed by atoms with Gasteiger partial charge in [0.1, 0.15) is 0 Å². The average molecular weight is 291 g/mol. The molecular formula is C16H25N3O2. The van der Waals surface area contributed by atoms with Crippen LogP contribution in [0.4, 0.5) is 5.69 Å². The second kappa shape index (κ2) is 8.10. The Morgan fingerprint density at radius 3 is 2.71 bits per heavy atom. The first kappa shape index (κ1) is 15.9. The Balaban J connectivity index is 1.74. The van der Waals surface area contributed by atoms with Gasteiger partial charge < -0.3 is 10.2 Å². The van der Waals surface area contributed by atoms with Crippen LogP contribution in [0.5, 0.6) is 0 Å². The summed E-state index contributed by atoms with van der Waals surface area (Å²) in [4.78, 5) is 13.2. The molecule has 5 heteroatoms. The molecule has 1 saturated heterocycles. The van der Waals surface area contributed by atoms with Crippen molar-refractivity contribution in [3.63, 3.8) is 0 Å². The SMILES string of the molecule is CC(CN1CCCCC1)NCCc1ccccc1[N+](=O)[O-]. The normalized spacial score (nSPS) is 17.6. The van der Waals surface area contributed by atoms with E-state index in [1.54, 1.807) is 12.1 Å². The smallest absolute Gasteiger partial charge is 0.272 e. The number of nitro groups is 1. The Morgan fingerprint density at radius 2 is 2.00 bits per heavy atom. The van der Waals surface area contributed by atoms with Crippen LogP contribution in [0.1, 0.15) is 31.7 Å². The van der Waals surface area contributed by atoms with Gasteiger partial charge in [0.15, 0.2) is 0 Å². The van der Waals surface area contributed by atoms with Crippen LogP contribution in [0, 0.1) is 10.1 Å². The number of hydrogen-bond donors (Lipinski definition) is 1. The van der Waals surface area contributed by atoms with Crippen molar-refractivity contribution in [2.24, 2.45) is 0 Å². The van der Waals surface area contributed by atoms with Gasteiger partial charge in [-0.1, -0.05) is 24.6 Å². The molecule has 1 unspecified atom stereocenters. The number of likely N-dealkylation sites (tertiary alicyclic amines) is 1. The lowest BCUT2D eigenvalue weighted by atomic mass is 10.1. The number of rotatable bonds is 7. The van der Waals surface area contributed by atoms with E-state index in [1.807, 2.05) is 12.1 Å². The molecule has 1 aromatic carbocycles. The molecule has 1 aliphatic rings. The van der Waals surface area contributed by atoms with Crippen molar-refractivity contribution in [3.8, 4) is 0 Å². The first-order valence-corrected chi connectivity index (χ1v) is 7.85. The Bertz CT molecular complexity index is 459. The Kier molecular flexibility index (Phi) is 6.14. The summed E-state index contributed by atoms with van der Waals surface area (Å²) in [6.07, 6.45) is 4.67. The minimum atomic E-state index is -0.299. The van der Waals surface area contributed by atoms with Crippen LogP contribution in [-0.2, 0) is 6.42 Å². The van der Waals surface area contributed by atoms with E-state index in [2.05, 4.69) is 17.1 Å². The van der Waals surface area contributed by atoms with Gasteiger partial charge in [-0.25, -0.2) is 0 Å². The maximum Gasteiger partial charge on any atom is 0.272 e. The minimum absolute atomic E-state index is 0.225. The standard InChI is InChI=1S/C16H25N3O2/c1-14(13-18-11-5-2-6-12-18)17-10-9-15-7-3-4-8-16(15)19(20)21/h3-4,7-8,14,17H,2,5-6,9-13H2,1H3. The van der Waals surface area contributed by atoms with Gasteiger partial charge in [0.05, 0.1) is 4.92 Å². The fraction of sp³-hybridized carbons (Fsp3) is 0.625. The highest BCUT2D eigenvalue weighted by Crippen LogP contribution is 2.17. The molecule has 0 saturated carbocycles. The fourth-order valence-electron chi connectivity index (χ4n) is 2.95. The third kappa shape index (κ3) is 5.10. The summed E-state index contributed by atoms with van der Waals surface area (Å²) in [6, 6.07) is 7.42. The number of hydrogen-bond acceptors (Lipinski definition) is 4. The zero-order chi connectivity index (χ0) is 15.1. The van der Waals surface area contributed by atoms with Gasteiger partial charge in [0.2, 0.25) is 0 Å². The lowest BCUT2D eigenvalue weighted by Gasteiger charge is -2.29. The van der Waals surface area contributed by atoms with E-state index in [-0.39, 0.29) is 10.6 Å². The molecule has 1 aliphatic heterocycles. The van der Waals surface area contributed by atoms with Crippen molar-refractivity contribution in [1.82, 2.24) is 10.2 Å². The van der Waals surface area contributed by atoms with Crippen molar-refractivity contribution < 1.29 is 4.92 Å². The summed E-state index contributed by atoms with van der Waals surface area (Å²) in [6.45, 7) is 6.44. The number of nitrogens with one attached hydrogen (secondary N) is 1. The highest BCUT2D eigenvalue weighted by Gasteiger charge is 2.14.